The predicted molar refractivity (Wildman–Crippen MR) is 114 cm³/mol. The van der Waals surface area contributed by atoms with Crippen LogP contribution in [0.1, 0.15) is 74.1 Å². The summed E-state index contributed by atoms with van der Waals surface area (Å²) in [5, 5.41) is 0. The van der Waals surface area contributed by atoms with Gasteiger partial charge in [-0.25, -0.2) is 0 Å². The Bertz CT molecular complexity index is 662. The van der Waals surface area contributed by atoms with Crippen LogP contribution in [0.3, 0.4) is 0 Å². The molecule has 1 aliphatic rings. The fourth-order valence-electron chi connectivity index (χ4n) is 4.00. The van der Waals surface area contributed by atoms with Crippen LogP contribution in [0.15, 0.2) is 36.4 Å². The predicted octanol–water partition coefficient (Wildman–Crippen LogP) is 7.71. The van der Waals surface area contributed by atoms with Gasteiger partial charge in [0, 0.05) is 0 Å². The number of halogens is 1. The van der Waals surface area contributed by atoms with Crippen LogP contribution in [0.2, 0.25) is 0 Å². The molecular formula is C23H29I. The second-order valence-corrected chi connectivity index (χ2v) is 9.26. The first-order valence-electron chi connectivity index (χ1n) is 9.48. The summed E-state index contributed by atoms with van der Waals surface area (Å²) >= 11 is 2.75. The lowest BCUT2D eigenvalue weighted by Crippen LogP contribution is -2.16. The first-order chi connectivity index (χ1) is 11.6. The van der Waals surface area contributed by atoms with Crippen LogP contribution in [0, 0.1) is 13.8 Å². The molecule has 2 aromatic carbocycles. The zero-order valence-electron chi connectivity index (χ0n) is 15.3. The highest BCUT2D eigenvalue weighted by atomic mass is 127. The number of hydrogen-bond donors (Lipinski definition) is 0. The summed E-state index contributed by atoms with van der Waals surface area (Å²) in [7, 11) is 0. The van der Waals surface area contributed by atoms with Crippen molar-refractivity contribution in [2.75, 3.05) is 0 Å². The Kier molecular flexibility index (Phi) is 5.69. The van der Waals surface area contributed by atoms with E-state index in [1.54, 1.807) is 0 Å². The topological polar surface area (TPSA) is 0 Å². The summed E-state index contributed by atoms with van der Waals surface area (Å²) in [6.45, 7) is 6.73. The van der Waals surface area contributed by atoms with E-state index in [0.29, 0.717) is 0 Å². The molecule has 0 radical (unpaired) electrons. The summed E-state index contributed by atoms with van der Waals surface area (Å²) in [6.07, 6.45) is 9.46. The lowest BCUT2D eigenvalue weighted by Gasteiger charge is -2.26. The molecule has 1 aliphatic carbocycles. The average molecular weight is 432 g/mol. The van der Waals surface area contributed by atoms with Crippen molar-refractivity contribution in [3.05, 3.63) is 58.7 Å². The molecule has 3 rings (SSSR count). The summed E-state index contributed by atoms with van der Waals surface area (Å²) in [4.78, 5) is 0. The van der Waals surface area contributed by atoms with Gasteiger partial charge in [-0.15, -0.1) is 0 Å². The van der Waals surface area contributed by atoms with Gasteiger partial charge in [0.15, 0.2) is 0 Å². The highest BCUT2D eigenvalue weighted by Crippen LogP contribution is 2.55. The molecule has 0 amide bonds. The van der Waals surface area contributed by atoms with Gasteiger partial charge in [0.25, 0.3) is 0 Å². The molecule has 2 aromatic rings. The molecule has 0 spiro atoms. The van der Waals surface area contributed by atoms with Gasteiger partial charge < -0.3 is 0 Å². The number of alkyl halides is 1. The van der Waals surface area contributed by atoms with Crippen LogP contribution >= 0.6 is 22.6 Å². The molecule has 1 heteroatoms. The molecule has 0 heterocycles. The summed E-state index contributed by atoms with van der Waals surface area (Å²) in [5.74, 6) is 0. The van der Waals surface area contributed by atoms with Gasteiger partial charge in [-0.2, -0.15) is 0 Å². The number of benzene rings is 2. The molecular weight excluding hydrogens is 403 g/mol. The van der Waals surface area contributed by atoms with E-state index < -0.39 is 0 Å². The normalized spacial score (nSPS) is 14.5. The van der Waals surface area contributed by atoms with Crippen LogP contribution < -0.4 is 0 Å². The maximum Gasteiger partial charge on any atom is 0.0730 e. The molecule has 0 bridgehead atoms. The maximum atomic E-state index is 2.75. The van der Waals surface area contributed by atoms with Gasteiger partial charge in [0.05, 0.1) is 3.42 Å². The SMILES string of the molecule is CCCCCCCCC1(I)c2cc(C)ccc2-c2ccc(C)cc21. The van der Waals surface area contributed by atoms with Gasteiger partial charge in [-0.1, -0.05) is 116 Å². The minimum absolute atomic E-state index is 0.158. The summed E-state index contributed by atoms with van der Waals surface area (Å²) < 4.78 is 0.158. The average Bonchev–Trinajstić information content (AvgIpc) is 2.80. The molecule has 0 nitrogen and oxygen atoms in total. The third-order valence-corrected chi connectivity index (χ3v) is 7.07. The maximum absolute atomic E-state index is 2.75. The van der Waals surface area contributed by atoms with E-state index >= 15 is 0 Å². The Labute approximate surface area is 161 Å². The van der Waals surface area contributed by atoms with Crippen molar-refractivity contribution < 1.29 is 0 Å². The molecule has 0 fully saturated rings. The van der Waals surface area contributed by atoms with Crippen LogP contribution in [0.25, 0.3) is 11.1 Å². The first-order valence-corrected chi connectivity index (χ1v) is 10.6. The Hall–Kier alpha value is -0.830. The number of unbranched alkanes of at least 4 members (excludes halogenated alkanes) is 5. The molecule has 0 N–H and O–H groups in total. The summed E-state index contributed by atoms with van der Waals surface area (Å²) in [5.41, 5.74) is 8.74. The van der Waals surface area contributed by atoms with Crippen molar-refractivity contribution in [2.24, 2.45) is 0 Å². The third kappa shape index (κ3) is 3.42. The molecule has 24 heavy (non-hydrogen) atoms. The highest BCUT2D eigenvalue weighted by molar-refractivity contribution is 14.1. The van der Waals surface area contributed by atoms with Crippen molar-refractivity contribution in [2.45, 2.75) is 69.1 Å². The molecule has 0 aromatic heterocycles. The van der Waals surface area contributed by atoms with Gasteiger partial charge in [-0.3, -0.25) is 0 Å². The zero-order chi connectivity index (χ0) is 17.2. The van der Waals surface area contributed by atoms with Crippen molar-refractivity contribution in [3.63, 3.8) is 0 Å². The smallest absolute Gasteiger partial charge is 0.0683 e. The monoisotopic (exact) mass is 432 g/mol. The van der Waals surface area contributed by atoms with E-state index in [0.717, 1.165) is 0 Å². The van der Waals surface area contributed by atoms with Crippen molar-refractivity contribution in [1.82, 2.24) is 0 Å². The molecule has 0 atom stereocenters. The van der Waals surface area contributed by atoms with E-state index in [1.165, 1.54) is 78.3 Å². The minimum Gasteiger partial charge on any atom is -0.0683 e. The Morgan fingerprint density at radius 3 is 1.79 bits per heavy atom. The third-order valence-electron chi connectivity index (χ3n) is 5.37. The van der Waals surface area contributed by atoms with E-state index in [1.807, 2.05) is 0 Å². The molecule has 0 aliphatic heterocycles. The van der Waals surface area contributed by atoms with Gasteiger partial charge in [0.2, 0.25) is 0 Å². The zero-order valence-corrected chi connectivity index (χ0v) is 17.4. The fourth-order valence-corrected chi connectivity index (χ4v) is 5.28. The number of fused-ring (bicyclic) bond motifs is 3. The van der Waals surface area contributed by atoms with Crippen molar-refractivity contribution in [3.8, 4) is 11.1 Å². The quantitative estimate of drug-likeness (QED) is 0.239. The lowest BCUT2D eigenvalue weighted by atomic mass is 9.89. The van der Waals surface area contributed by atoms with Crippen molar-refractivity contribution >= 4 is 22.6 Å². The van der Waals surface area contributed by atoms with E-state index in [9.17, 15) is 0 Å². The highest BCUT2D eigenvalue weighted by Gasteiger charge is 2.40. The van der Waals surface area contributed by atoms with E-state index in [-0.39, 0.29) is 3.42 Å². The van der Waals surface area contributed by atoms with Gasteiger partial charge >= 0.3 is 0 Å². The van der Waals surface area contributed by atoms with E-state index in [4.69, 9.17) is 0 Å². The second kappa shape index (κ2) is 7.59. The van der Waals surface area contributed by atoms with Gasteiger partial charge in [0.1, 0.15) is 0 Å². The Morgan fingerprint density at radius 1 is 0.750 bits per heavy atom. The Morgan fingerprint density at radius 2 is 1.25 bits per heavy atom. The molecule has 128 valence electrons. The molecule has 0 saturated heterocycles. The molecule has 0 saturated carbocycles. The van der Waals surface area contributed by atoms with Crippen LogP contribution in [0.5, 0.6) is 0 Å². The van der Waals surface area contributed by atoms with Crippen LogP contribution in [-0.2, 0) is 3.42 Å². The number of hydrogen-bond acceptors (Lipinski definition) is 0. The Balaban J connectivity index is 1.86. The fraction of sp³-hybridized carbons (Fsp3) is 0.478. The van der Waals surface area contributed by atoms with Crippen molar-refractivity contribution in [1.29, 1.82) is 0 Å². The summed E-state index contributed by atoms with van der Waals surface area (Å²) in [6, 6.07) is 14.0. The van der Waals surface area contributed by atoms with Gasteiger partial charge in [-0.05, 0) is 42.5 Å². The number of aryl methyl sites for hydroxylation is 2. The first kappa shape index (κ1) is 18.0. The molecule has 0 unspecified atom stereocenters. The lowest BCUT2D eigenvalue weighted by molar-refractivity contribution is 0.563. The standard InChI is InChI=1S/C23H29I/c1-4-5-6-7-8-9-14-23(24)21-15-17(2)10-12-19(21)20-13-11-18(3)16-22(20)23/h10-13,15-16H,4-9,14H2,1-3H3. The number of rotatable bonds is 7. The van der Waals surface area contributed by atoms with Crippen LogP contribution in [0.4, 0.5) is 0 Å². The van der Waals surface area contributed by atoms with Crippen LogP contribution in [-0.4, -0.2) is 0 Å². The minimum atomic E-state index is 0.158. The van der Waals surface area contributed by atoms with E-state index in [2.05, 4.69) is 79.8 Å². The largest absolute Gasteiger partial charge is 0.0730 e. The second-order valence-electron chi connectivity index (χ2n) is 7.42.